The maximum atomic E-state index is 13.1. The molecule has 1 aromatic heterocycles. The Balaban J connectivity index is 2.18. The van der Waals surface area contributed by atoms with Crippen LogP contribution in [0.2, 0.25) is 0 Å². The van der Waals surface area contributed by atoms with Crippen LogP contribution in [0, 0.1) is 0 Å². The summed E-state index contributed by atoms with van der Waals surface area (Å²) in [5, 5.41) is 0. The maximum Gasteiger partial charge on any atom is 0.266 e. The van der Waals surface area contributed by atoms with Gasteiger partial charge in [0.2, 0.25) is 0 Å². The minimum atomic E-state index is -3.63. The third-order valence-electron chi connectivity index (χ3n) is 4.00. The van der Waals surface area contributed by atoms with Gasteiger partial charge >= 0.3 is 0 Å². The van der Waals surface area contributed by atoms with Gasteiger partial charge in [-0.15, -0.1) is 0 Å². The summed E-state index contributed by atoms with van der Waals surface area (Å²) in [4.78, 5) is 6.27. The smallest absolute Gasteiger partial charge is 0.266 e. The summed E-state index contributed by atoms with van der Waals surface area (Å²) >= 11 is 0. The van der Waals surface area contributed by atoms with Crippen LogP contribution in [0.4, 0.5) is 11.4 Å². The van der Waals surface area contributed by atoms with Crippen molar-refractivity contribution in [3.63, 3.8) is 0 Å². The lowest BCUT2D eigenvalue weighted by Crippen LogP contribution is -2.38. The molecule has 0 amide bonds. The third-order valence-corrected chi connectivity index (χ3v) is 5.92. The zero-order valence-electron chi connectivity index (χ0n) is 12.7. The molecule has 1 atom stereocenters. The zero-order valence-corrected chi connectivity index (χ0v) is 13.5. The number of fused-ring (bicyclic) bond motifs is 1. The molecule has 0 radical (unpaired) electrons. The number of hydrogen-bond acceptors (Lipinski definition) is 4. The van der Waals surface area contributed by atoms with E-state index in [1.807, 2.05) is 38.2 Å². The Morgan fingerprint density at radius 2 is 1.86 bits per heavy atom. The number of aromatic nitrogens is 1. The Morgan fingerprint density at radius 1 is 1.14 bits per heavy atom. The predicted octanol–water partition coefficient (Wildman–Crippen LogP) is 2.51. The Kier molecular flexibility index (Phi) is 3.78. The molecule has 3 rings (SSSR count). The number of benzene rings is 1. The molecule has 0 spiro atoms. The molecular weight excluding hydrogens is 298 g/mol. The highest BCUT2D eigenvalue weighted by atomic mass is 32.2. The summed E-state index contributed by atoms with van der Waals surface area (Å²) in [7, 11) is -1.64. The topological polar surface area (TPSA) is 53.5 Å². The summed E-state index contributed by atoms with van der Waals surface area (Å²) in [5.41, 5.74) is 1.65. The molecule has 116 valence electrons. The number of hydrogen-bond donors (Lipinski definition) is 0. The molecule has 1 aliphatic rings. The summed E-state index contributed by atoms with van der Waals surface area (Å²) < 4.78 is 27.7. The summed E-state index contributed by atoms with van der Waals surface area (Å²) in [6.45, 7) is 2.76. The lowest BCUT2D eigenvalue weighted by molar-refractivity contribution is 0.574. The molecule has 5 nitrogen and oxygen atoms in total. The molecule has 0 bridgehead atoms. The first-order valence-electron chi connectivity index (χ1n) is 7.26. The van der Waals surface area contributed by atoms with Gasteiger partial charge < -0.3 is 4.90 Å². The van der Waals surface area contributed by atoms with Gasteiger partial charge in [-0.05, 0) is 37.6 Å². The first-order chi connectivity index (χ1) is 10.5. The van der Waals surface area contributed by atoms with Gasteiger partial charge in [0.1, 0.15) is 4.90 Å². The molecule has 2 heterocycles. The van der Waals surface area contributed by atoms with Gasteiger partial charge in [-0.3, -0.25) is 9.29 Å². The third kappa shape index (κ3) is 2.43. The molecule has 1 unspecified atom stereocenters. The minimum Gasteiger partial charge on any atom is -0.373 e. The van der Waals surface area contributed by atoms with Crippen molar-refractivity contribution in [3.8, 4) is 0 Å². The Morgan fingerprint density at radius 3 is 2.55 bits per heavy atom. The van der Waals surface area contributed by atoms with Crippen molar-refractivity contribution < 1.29 is 8.42 Å². The molecule has 0 N–H and O–H groups in total. The average Bonchev–Trinajstić information content (AvgIpc) is 2.66. The van der Waals surface area contributed by atoms with Crippen LogP contribution in [0.15, 0.2) is 53.7 Å². The van der Waals surface area contributed by atoms with E-state index in [0.717, 1.165) is 24.3 Å². The van der Waals surface area contributed by atoms with Crippen LogP contribution in [0.25, 0.3) is 0 Å². The van der Waals surface area contributed by atoms with E-state index in [1.165, 1.54) is 10.5 Å². The van der Waals surface area contributed by atoms with Crippen LogP contribution in [-0.4, -0.2) is 33.0 Å². The second-order valence-electron chi connectivity index (χ2n) is 5.54. The quantitative estimate of drug-likeness (QED) is 0.854. The van der Waals surface area contributed by atoms with Crippen molar-refractivity contribution in [3.05, 3.63) is 48.8 Å². The van der Waals surface area contributed by atoms with Gasteiger partial charge in [-0.25, -0.2) is 8.42 Å². The van der Waals surface area contributed by atoms with Gasteiger partial charge in [0, 0.05) is 32.0 Å². The van der Waals surface area contributed by atoms with Gasteiger partial charge in [-0.2, -0.15) is 0 Å². The van der Waals surface area contributed by atoms with Crippen LogP contribution >= 0.6 is 0 Å². The fourth-order valence-electron chi connectivity index (χ4n) is 2.81. The average molecular weight is 317 g/mol. The van der Waals surface area contributed by atoms with Crippen LogP contribution in [0.3, 0.4) is 0 Å². The van der Waals surface area contributed by atoms with Crippen LogP contribution in [0.1, 0.15) is 13.3 Å². The number of pyridine rings is 1. The molecule has 22 heavy (non-hydrogen) atoms. The van der Waals surface area contributed by atoms with Crippen molar-refractivity contribution in [1.82, 2.24) is 4.98 Å². The highest BCUT2D eigenvalue weighted by Gasteiger charge is 2.33. The van der Waals surface area contributed by atoms with Crippen molar-refractivity contribution in [2.75, 3.05) is 22.8 Å². The van der Waals surface area contributed by atoms with E-state index in [9.17, 15) is 8.42 Å². The van der Waals surface area contributed by atoms with Crippen molar-refractivity contribution >= 4 is 21.4 Å². The predicted molar refractivity (Wildman–Crippen MR) is 87.7 cm³/mol. The standard InChI is InChI=1S/C16H19N3O2S/c1-13-9-11-18(2)15-7-3-4-8-16(15)19(13)22(20,21)14-6-5-10-17-12-14/h3-8,10,12-13H,9,11H2,1-2H3. The Bertz CT molecular complexity index is 762. The zero-order chi connectivity index (χ0) is 15.7. The highest BCUT2D eigenvalue weighted by Crippen LogP contribution is 2.37. The number of nitrogens with zero attached hydrogens (tertiary/aromatic N) is 3. The maximum absolute atomic E-state index is 13.1. The largest absolute Gasteiger partial charge is 0.373 e. The number of anilines is 2. The fourth-order valence-corrected chi connectivity index (χ4v) is 4.47. The normalized spacial score (nSPS) is 18.7. The van der Waals surface area contributed by atoms with E-state index in [1.54, 1.807) is 18.3 Å². The van der Waals surface area contributed by atoms with Gasteiger partial charge in [-0.1, -0.05) is 12.1 Å². The SMILES string of the molecule is CC1CCN(C)c2ccccc2N1S(=O)(=O)c1cccnc1. The van der Waals surface area contributed by atoms with Crippen LogP contribution < -0.4 is 9.21 Å². The highest BCUT2D eigenvalue weighted by molar-refractivity contribution is 7.92. The number of sulfonamides is 1. The number of para-hydroxylation sites is 2. The molecule has 0 saturated heterocycles. The fraction of sp³-hybridized carbons (Fsp3) is 0.312. The van der Waals surface area contributed by atoms with E-state index in [4.69, 9.17) is 0 Å². The van der Waals surface area contributed by atoms with E-state index in [-0.39, 0.29) is 10.9 Å². The molecule has 1 aliphatic heterocycles. The van der Waals surface area contributed by atoms with E-state index in [0.29, 0.717) is 0 Å². The lowest BCUT2D eigenvalue weighted by atomic mass is 10.2. The first kappa shape index (κ1) is 14.8. The minimum absolute atomic E-state index is 0.115. The molecule has 6 heteroatoms. The van der Waals surface area contributed by atoms with E-state index < -0.39 is 10.0 Å². The van der Waals surface area contributed by atoms with Gasteiger partial charge in [0.15, 0.2) is 0 Å². The van der Waals surface area contributed by atoms with Crippen LogP contribution in [-0.2, 0) is 10.0 Å². The molecular formula is C16H19N3O2S. The summed E-state index contributed by atoms with van der Waals surface area (Å²) in [6, 6.07) is 10.7. The lowest BCUT2D eigenvalue weighted by Gasteiger charge is -2.29. The number of rotatable bonds is 2. The monoisotopic (exact) mass is 317 g/mol. The van der Waals surface area contributed by atoms with Crippen LogP contribution in [0.5, 0.6) is 0 Å². The molecule has 0 fully saturated rings. The van der Waals surface area contributed by atoms with E-state index in [2.05, 4.69) is 9.88 Å². The summed E-state index contributed by atoms with van der Waals surface area (Å²) in [6.07, 6.45) is 3.75. The van der Waals surface area contributed by atoms with Crippen molar-refractivity contribution in [2.45, 2.75) is 24.3 Å². The second kappa shape index (κ2) is 5.61. The molecule has 0 aliphatic carbocycles. The van der Waals surface area contributed by atoms with Crippen molar-refractivity contribution in [1.29, 1.82) is 0 Å². The molecule has 1 aromatic carbocycles. The Hall–Kier alpha value is -2.08. The van der Waals surface area contributed by atoms with Gasteiger partial charge in [0.25, 0.3) is 10.0 Å². The second-order valence-corrected chi connectivity index (χ2v) is 7.35. The molecule has 2 aromatic rings. The Labute approximate surface area is 131 Å². The summed E-state index contributed by atoms with van der Waals surface area (Å²) in [5.74, 6) is 0. The van der Waals surface area contributed by atoms with Gasteiger partial charge in [0.05, 0.1) is 11.4 Å². The first-order valence-corrected chi connectivity index (χ1v) is 8.70. The van der Waals surface area contributed by atoms with Crippen molar-refractivity contribution in [2.24, 2.45) is 0 Å². The van der Waals surface area contributed by atoms with E-state index >= 15 is 0 Å². The molecule has 0 saturated carbocycles.